The van der Waals surface area contributed by atoms with Gasteiger partial charge in [0.25, 0.3) is 0 Å². The number of aromatic nitrogens is 2. The van der Waals surface area contributed by atoms with E-state index in [4.69, 9.17) is 5.73 Å². The summed E-state index contributed by atoms with van der Waals surface area (Å²) in [4.78, 5) is 10.3. The normalized spacial score (nSPS) is 26.9. The van der Waals surface area contributed by atoms with E-state index in [0.717, 1.165) is 31.7 Å². The summed E-state index contributed by atoms with van der Waals surface area (Å²) in [6, 6.07) is 0. The standard InChI is InChI=1S/C10H16N4/c1-10(6-11)2-3-14(7-10)9-4-12-8-13-5-9/h4-5,8H,2-3,6-7,11H2,1H3. The fourth-order valence-electron chi connectivity index (χ4n) is 1.87. The van der Waals surface area contributed by atoms with E-state index < -0.39 is 0 Å². The van der Waals surface area contributed by atoms with Crippen molar-refractivity contribution in [1.29, 1.82) is 0 Å². The second kappa shape index (κ2) is 3.53. The van der Waals surface area contributed by atoms with E-state index in [9.17, 15) is 0 Å². The molecule has 2 heterocycles. The molecule has 2 N–H and O–H groups in total. The predicted molar refractivity (Wildman–Crippen MR) is 56.0 cm³/mol. The van der Waals surface area contributed by atoms with Gasteiger partial charge in [-0.15, -0.1) is 0 Å². The van der Waals surface area contributed by atoms with Crippen molar-refractivity contribution >= 4 is 5.69 Å². The molecule has 1 aromatic heterocycles. The van der Waals surface area contributed by atoms with Crippen molar-refractivity contribution in [2.75, 3.05) is 24.5 Å². The van der Waals surface area contributed by atoms with Crippen molar-refractivity contribution in [3.8, 4) is 0 Å². The lowest BCUT2D eigenvalue weighted by Crippen LogP contribution is -2.31. The molecular formula is C10H16N4. The van der Waals surface area contributed by atoms with Crippen LogP contribution >= 0.6 is 0 Å². The van der Waals surface area contributed by atoms with Gasteiger partial charge in [0.1, 0.15) is 6.33 Å². The van der Waals surface area contributed by atoms with E-state index in [1.807, 2.05) is 12.4 Å². The topological polar surface area (TPSA) is 55.0 Å². The van der Waals surface area contributed by atoms with Gasteiger partial charge in [-0.1, -0.05) is 6.92 Å². The fraction of sp³-hybridized carbons (Fsp3) is 0.600. The molecule has 0 aromatic carbocycles. The van der Waals surface area contributed by atoms with Gasteiger partial charge in [0, 0.05) is 13.1 Å². The lowest BCUT2D eigenvalue weighted by atomic mass is 9.90. The van der Waals surface area contributed by atoms with Crippen LogP contribution < -0.4 is 10.6 Å². The number of nitrogens with zero attached hydrogens (tertiary/aromatic N) is 3. The van der Waals surface area contributed by atoms with Gasteiger partial charge in [-0.05, 0) is 18.4 Å². The summed E-state index contributed by atoms with van der Waals surface area (Å²) in [5.41, 5.74) is 7.11. The van der Waals surface area contributed by atoms with Crippen LogP contribution in [0, 0.1) is 5.41 Å². The summed E-state index contributed by atoms with van der Waals surface area (Å²) >= 11 is 0. The van der Waals surface area contributed by atoms with E-state index >= 15 is 0 Å². The molecule has 1 fully saturated rings. The first-order valence-corrected chi connectivity index (χ1v) is 4.94. The Labute approximate surface area is 84.2 Å². The molecule has 1 aromatic rings. The van der Waals surface area contributed by atoms with Crippen molar-refractivity contribution in [3.05, 3.63) is 18.7 Å². The third-order valence-electron chi connectivity index (χ3n) is 2.96. The molecule has 4 nitrogen and oxygen atoms in total. The van der Waals surface area contributed by atoms with Gasteiger partial charge < -0.3 is 10.6 Å². The van der Waals surface area contributed by atoms with Gasteiger partial charge in [0.2, 0.25) is 0 Å². The van der Waals surface area contributed by atoms with E-state index in [-0.39, 0.29) is 5.41 Å². The molecule has 0 amide bonds. The van der Waals surface area contributed by atoms with Crippen molar-refractivity contribution < 1.29 is 0 Å². The summed E-state index contributed by atoms with van der Waals surface area (Å²) in [5, 5.41) is 0. The van der Waals surface area contributed by atoms with Crippen LogP contribution in [-0.4, -0.2) is 29.6 Å². The summed E-state index contributed by atoms with van der Waals surface area (Å²) < 4.78 is 0. The second-order valence-corrected chi connectivity index (χ2v) is 4.28. The zero-order valence-corrected chi connectivity index (χ0v) is 8.48. The van der Waals surface area contributed by atoms with Gasteiger partial charge in [0.05, 0.1) is 18.1 Å². The van der Waals surface area contributed by atoms with Crippen molar-refractivity contribution in [1.82, 2.24) is 9.97 Å². The zero-order chi connectivity index (χ0) is 10.0. The Balaban J connectivity index is 2.10. The first kappa shape index (κ1) is 9.40. The van der Waals surface area contributed by atoms with Gasteiger partial charge in [-0.3, -0.25) is 0 Å². The minimum absolute atomic E-state index is 0.260. The first-order valence-electron chi connectivity index (χ1n) is 4.94. The summed E-state index contributed by atoms with van der Waals surface area (Å²) in [6.45, 7) is 5.05. The lowest BCUT2D eigenvalue weighted by molar-refractivity contribution is 0.383. The third-order valence-corrected chi connectivity index (χ3v) is 2.96. The molecule has 0 saturated carbocycles. The number of nitrogens with two attached hydrogens (primary N) is 1. The molecule has 1 saturated heterocycles. The number of hydrogen-bond donors (Lipinski definition) is 1. The Morgan fingerprint density at radius 1 is 1.50 bits per heavy atom. The van der Waals surface area contributed by atoms with Crippen LogP contribution in [0.5, 0.6) is 0 Å². The van der Waals surface area contributed by atoms with Crippen LogP contribution in [0.3, 0.4) is 0 Å². The smallest absolute Gasteiger partial charge is 0.115 e. The maximum absolute atomic E-state index is 5.75. The summed E-state index contributed by atoms with van der Waals surface area (Å²) in [7, 11) is 0. The van der Waals surface area contributed by atoms with Gasteiger partial charge in [-0.2, -0.15) is 0 Å². The molecule has 1 aliphatic heterocycles. The highest BCUT2D eigenvalue weighted by Crippen LogP contribution is 2.31. The Bertz CT molecular complexity index is 300. The molecule has 4 heteroatoms. The van der Waals surface area contributed by atoms with Crippen LogP contribution in [0.4, 0.5) is 5.69 Å². The average Bonchev–Trinajstić information content (AvgIpc) is 2.63. The Morgan fingerprint density at radius 3 is 2.79 bits per heavy atom. The summed E-state index contributed by atoms with van der Waals surface area (Å²) in [6.07, 6.45) is 6.42. The Kier molecular flexibility index (Phi) is 2.37. The number of hydrogen-bond acceptors (Lipinski definition) is 4. The number of rotatable bonds is 2. The third kappa shape index (κ3) is 1.70. The Hall–Kier alpha value is -1.16. The van der Waals surface area contributed by atoms with Gasteiger partial charge in [0.15, 0.2) is 0 Å². The highest BCUT2D eigenvalue weighted by Gasteiger charge is 2.32. The zero-order valence-electron chi connectivity index (χ0n) is 8.48. The molecule has 0 spiro atoms. The van der Waals surface area contributed by atoms with E-state index in [1.54, 1.807) is 6.33 Å². The van der Waals surface area contributed by atoms with Crippen molar-refractivity contribution in [2.45, 2.75) is 13.3 Å². The fourth-order valence-corrected chi connectivity index (χ4v) is 1.87. The minimum Gasteiger partial charge on any atom is -0.368 e. The van der Waals surface area contributed by atoms with Crippen molar-refractivity contribution in [3.63, 3.8) is 0 Å². The molecule has 1 aliphatic rings. The van der Waals surface area contributed by atoms with Gasteiger partial charge in [-0.25, -0.2) is 9.97 Å². The molecule has 2 rings (SSSR count). The van der Waals surface area contributed by atoms with Crippen LogP contribution in [0.15, 0.2) is 18.7 Å². The van der Waals surface area contributed by atoms with Crippen LogP contribution in [0.2, 0.25) is 0 Å². The molecular weight excluding hydrogens is 176 g/mol. The van der Waals surface area contributed by atoms with E-state index in [0.29, 0.717) is 0 Å². The second-order valence-electron chi connectivity index (χ2n) is 4.28. The highest BCUT2D eigenvalue weighted by molar-refractivity contribution is 5.43. The molecule has 0 aliphatic carbocycles. The monoisotopic (exact) mass is 192 g/mol. The highest BCUT2D eigenvalue weighted by atomic mass is 15.2. The molecule has 1 unspecified atom stereocenters. The summed E-state index contributed by atoms with van der Waals surface area (Å²) in [5.74, 6) is 0. The molecule has 1 atom stereocenters. The molecule has 0 radical (unpaired) electrons. The van der Waals surface area contributed by atoms with E-state index in [2.05, 4.69) is 21.8 Å². The molecule has 0 bridgehead atoms. The maximum Gasteiger partial charge on any atom is 0.115 e. The van der Waals surface area contributed by atoms with Crippen molar-refractivity contribution in [2.24, 2.45) is 11.1 Å². The predicted octanol–water partition coefficient (Wildman–Crippen LogP) is 0.652. The maximum atomic E-state index is 5.75. The average molecular weight is 192 g/mol. The first-order chi connectivity index (χ1) is 6.73. The van der Waals surface area contributed by atoms with Gasteiger partial charge >= 0.3 is 0 Å². The SMILES string of the molecule is CC1(CN)CCN(c2cncnc2)C1. The largest absolute Gasteiger partial charge is 0.368 e. The Morgan fingerprint density at radius 2 is 2.21 bits per heavy atom. The van der Waals surface area contributed by atoms with Crippen LogP contribution in [-0.2, 0) is 0 Å². The molecule has 76 valence electrons. The lowest BCUT2D eigenvalue weighted by Gasteiger charge is -2.23. The quantitative estimate of drug-likeness (QED) is 0.747. The van der Waals surface area contributed by atoms with Crippen LogP contribution in [0.25, 0.3) is 0 Å². The van der Waals surface area contributed by atoms with Crippen LogP contribution in [0.1, 0.15) is 13.3 Å². The van der Waals surface area contributed by atoms with E-state index in [1.165, 1.54) is 0 Å². The number of anilines is 1. The minimum atomic E-state index is 0.260. The molecule has 14 heavy (non-hydrogen) atoms.